The molecule has 1 N–H and O–H groups in total. The molecule has 16 heavy (non-hydrogen) atoms. The number of hydrogen-bond donors (Lipinski definition) is 1. The minimum atomic E-state index is -0.156. The molecule has 0 atom stereocenters. The summed E-state index contributed by atoms with van der Waals surface area (Å²) in [7, 11) is 0. The number of benzene rings is 1. The van der Waals surface area contributed by atoms with Crippen molar-refractivity contribution in [1.29, 1.82) is 0 Å². The fourth-order valence-corrected chi connectivity index (χ4v) is 1.52. The highest BCUT2D eigenvalue weighted by Crippen LogP contribution is 2.11. The summed E-state index contributed by atoms with van der Waals surface area (Å²) in [5.74, 6) is 0.0856. The zero-order chi connectivity index (χ0) is 12.2. The van der Waals surface area contributed by atoms with Crippen LogP contribution in [0, 0.1) is 0 Å². The normalized spacial score (nSPS) is 11.2. The maximum Gasteiger partial charge on any atom is 0.220 e. The van der Waals surface area contributed by atoms with Gasteiger partial charge in [0.05, 0.1) is 0 Å². The van der Waals surface area contributed by atoms with Gasteiger partial charge in [-0.25, -0.2) is 0 Å². The molecule has 88 valence electrons. The Labute approximate surface area is 102 Å². The Kier molecular flexibility index (Phi) is 4.36. The largest absolute Gasteiger partial charge is 0.351 e. The number of hydrogen-bond acceptors (Lipinski definition) is 1. The van der Waals surface area contributed by atoms with E-state index in [1.54, 1.807) is 0 Å². The van der Waals surface area contributed by atoms with Crippen LogP contribution in [0.1, 0.15) is 32.8 Å². The molecule has 1 amide bonds. The number of amides is 1. The summed E-state index contributed by atoms with van der Waals surface area (Å²) in [6, 6.07) is 7.59. The lowest BCUT2D eigenvalue weighted by atomic mass is 10.1. The molecular weight excluding hydrogens is 222 g/mol. The van der Waals surface area contributed by atoms with E-state index < -0.39 is 0 Å². The standard InChI is InChI=1S/C13H18ClNO/c1-13(2,3)15-12(16)9-6-10-4-7-11(14)8-5-10/h4-5,7-8H,6,9H2,1-3H3,(H,15,16). The monoisotopic (exact) mass is 239 g/mol. The van der Waals surface area contributed by atoms with Crippen LogP contribution in [-0.2, 0) is 11.2 Å². The maximum atomic E-state index is 11.6. The first-order valence-electron chi connectivity index (χ1n) is 5.42. The van der Waals surface area contributed by atoms with Crippen molar-refractivity contribution < 1.29 is 4.79 Å². The van der Waals surface area contributed by atoms with E-state index >= 15 is 0 Å². The van der Waals surface area contributed by atoms with Crippen molar-refractivity contribution in [2.45, 2.75) is 39.2 Å². The Morgan fingerprint density at radius 1 is 1.25 bits per heavy atom. The van der Waals surface area contributed by atoms with Gasteiger partial charge in [0.15, 0.2) is 0 Å². The van der Waals surface area contributed by atoms with Crippen LogP contribution in [0.2, 0.25) is 5.02 Å². The molecule has 1 aromatic carbocycles. The Morgan fingerprint density at radius 2 is 1.81 bits per heavy atom. The summed E-state index contributed by atoms with van der Waals surface area (Å²) in [5, 5.41) is 3.66. The van der Waals surface area contributed by atoms with E-state index in [2.05, 4.69) is 5.32 Å². The van der Waals surface area contributed by atoms with Gasteiger partial charge in [0, 0.05) is 17.0 Å². The van der Waals surface area contributed by atoms with E-state index in [1.807, 2.05) is 45.0 Å². The molecule has 0 aliphatic heterocycles. The fraction of sp³-hybridized carbons (Fsp3) is 0.462. The lowest BCUT2D eigenvalue weighted by Gasteiger charge is -2.20. The number of carbonyl (C=O) groups excluding carboxylic acids is 1. The summed E-state index contributed by atoms with van der Waals surface area (Å²) in [6.45, 7) is 5.94. The van der Waals surface area contributed by atoms with Crippen LogP contribution in [0.5, 0.6) is 0 Å². The van der Waals surface area contributed by atoms with Crippen molar-refractivity contribution in [3.05, 3.63) is 34.9 Å². The summed E-state index contributed by atoms with van der Waals surface area (Å²) in [4.78, 5) is 11.6. The minimum Gasteiger partial charge on any atom is -0.351 e. The number of carbonyl (C=O) groups is 1. The lowest BCUT2D eigenvalue weighted by molar-refractivity contribution is -0.122. The first kappa shape index (κ1) is 13.0. The predicted octanol–water partition coefficient (Wildman–Crippen LogP) is 3.19. The van der Waals surface area contributed by atoms with E-state index in [1.165, 1.54) is 0 Å². The van der Waals surface area contributed by atoms with Gasteiger partial charge in [0.2, 0.25) is 5.91 Å². The Balaban J connectivity index is 2.40. The van der Waals surface area contributed by atoms with Crippen molar-refractivity contribution in [3.63, 3.8) is 0 Å². The van der Waals surface area contributed by atoms with Crippen molar-refractivity contribution in [3.8, 4) is 0 Å². The molecule has 0 saturated carbocycles. The molecule has 0 saturated heterocycles. The SMILES string of the molecule is CC(C)(C)NC(=O)CCc1ccc(Cl)cc1. The Hall–Kier alpha value is -1.02. The zero-order valence-corrected chi connectivity index (χ0v) is 10.8. The topological polar surface area (TPSA) is 29.1 Å². The molecule has 2 nitrogen and oxygen atoms in total. The molecule has 0 radical (unpaired) electrons. The molecule has 0 spiro atoms. The van der Waals surface area contributed by atoms with Gasteiger partial charge in [0.25, 0.3) is 0 Å². The average molecular weight is 240 g/mol. The number of halogens is 1. The molecule has 1 rings (SSSR count). The van der Waals surface area contributed by atoms with E-state index in [4.69, 9.17) is 11.6 Å². The average Bonchev–Trinajstić information content (AvgIpc) is 2.14. The molecule has 0 aliphatic rings. The second-order valence-corrected chi connectivity index (χ2v) is 5.36. The third-order valence-corrected chi connectivity index (χ3v) is 2.32. The highest BCUT2D eigenvalue weighted by atomic mass is 35.5. The van der Waals surface area contributed by atoms with Crippen LogP contribution in [0.15, 0.2) is 24.3 Å². The van der Waals surface area contributed by atoms with Crippen LogP contribution in [0.25, 0.3) is 0 Å². The van der Waals surface area contributed by atoms with Gasteiger partial charge in [0.1, 0.15) is 0 Å². The van der Waals surface area contributed by atoms with Crippen molar-refractivity contribution >= 4 is 17.5 Å². The molecule has 0 aliphatic carbocycles. The molecule has 0 aromatic heterocycles. The van der Waals surface area contributed by atoms with E-state index in [9.17, 15) is 4.79 Å². The van der Waals surface area contributed by atoms with Gasteiger partial charge in [-0.2, -0.15) is 0 Å². The summed E-state index contributed by atoms with van der Waals surface area (Å²) < 4.78 is 0. The van der Waals surface area contributed by atoms with Gasteiger partial charge in [-0.1, -0.05) is 23.7 Å². The Bertz CT molecular complexity index is 351. The van der Waals surface area contributed by atoms with E-state index in [0.717, 1.165) is 17.0 Å². The Morgan fingerprint density at radius 3 is 2.31 bits per heavy atom. The van der Waals surface area contributed by atoms with Crippen molar-refractivity contribution in [2.24, 2.45) is 0 Å². The van der Waals surface area contributed by atoms with Crippen molar-refractivity contribution in [1.82, 2.24) is 5.32 Å². The van der Waals surface area contributed by atoms with Crippen LogP contribution in [0.3, 0.4) is 0 Å². The van der Waals surface area contributed by atoms with Crippen LogP contribution < -0.4 is 5.32 Å². The highest BCUT2D eigenvalue weighted by molar-refractivity contribution is 6.30. The van der Waals surface area contributed by atoms with Gasteiger partial charge in [-0.15, -0.1) is 0 Å². The molecule has 0 heterocycles. The molecule has 0 unspecified atom stereocenters. The number of nitrogens with one attached hydrogen (secondary N) is 1. The molecule has 1 aromatic rings. The lowest BCUT2D eigenvalue weighted by Crippen LogP contribution is -2.40. The highest BCUT2D eigenvalue weighted by Gasteiger charge is 2.13. The smallest absolute Gasteiger partial charge is 0.220 e. The maximum absolute atomic E-state index is 11.6. The molecular formula is C13H18ClNO. The minimum absolute atomic E-state index is 0.0856. The predicted molar refractivity (Wildman–Crippen MR) is 67.7 cm³/mol. The number of aryl methyl sites for hydroxylation is 1. The third kappa shape index (κ3) is 5.17. The fourth-order valence-electron chi connectivity index (χ4n) is 1.39. The molecule has 0 fully saturated rings. The molecule has 0 bridgehead atoms. The van der Waals surface area contributed by atoms with Crippen LogP contribution in [0.4, 0.5) is 0 Å². The second-order valence-electron chi connectivity index (χ2n) is 4.92. The first-order chi connectivity index (χ1) is 7.37. The second kappa shape index (κ2) is 5.35. The van der Waals surface area contributed by atoms with Crippen molar-refractivity contribution in [2.75, 3.05) is 0 Å². The van der Waals surface area contributed by atoms with Gasteiger partial charge < -0.3 is 5.32 Å². The van der Waals surface area contributed by atoms with Gasteiger partial charge >= 0.3 is 0 Å². The summed E-state index contributed by atoms with van der Waals surface area (Å²) in [5.41, 5.74) is 0.977. The first-order valence-corrected chi connectivity index (χ1v) is 5.80. The van der Waals surface area contributed by atoms with Gasteiger partial charge in [-0.3, -0.25) is 4.79 Å². The third-order valence-electron chi connectivity index (χ3n) is 2.07. The van der Waals surface area contributed by atoms with Gasteiger partial charge in [-0.05, 0) is 44.9 Å². The summed E-state index contributed by atoms with van der Waals surface area (Å²) in [6.07, 6.45) is 1.26. The number of rotatable bonds is 3. The van der Waals surface area contributed by atoms with Crippen LogP contribution in [-0.4, -0.2) is 11.4 Å². The van der Waals surface area contributed by atoms with E-state index in [0.29, 0.717) is 6.42 Å². The quantitative estimate of drug-likeness (QED) is 0.863. The summed E-state index contributed by atoms with van der Waals surface area (Å²) >= 11 is 5.78. The van der Waals surface area contributed by atoms with E-state index in [-0.39, 0.29) is 11.4 Å². The molecule has 3 heteroatoms. The van der Waals surface area contributed by atoms with Crippen LogP contribution >= 0.6 is 11.6 Å². The zero-order valence-electron chi connectivity index (χ0n) is 10.0.